The minimum Gasteiger partial charge on any atom is -0.291 e. The molecule has 1 aromatic heterocycles. The van der Waals surface area contributed by atoms with Gasteiger partial charge in [-0.1, -0.05) is 0 Å². The molecule has 0 spiro atoms. The number of aromatic nitrogens is 1. The molecule has 0 saturated carbocycles. The maximum absolute atomic E-state index is 12.3. The highest BCUT2D eigenvalue weighted by Gasteiger charge is 2.41. The van der Waals surface area contributed by atoms with Gasteiger partial charge in [-0.2, -0.15) is 0 Å². The average Bonchev–Trinajstić information content (AvgIpc) is 2.82. The zero-order valence-corrected chi connectivity index (χ0v) is 12.4. The van der Waals surface area contributed by atoms with Crippen molar-refractivity contribution in [2.24, 2.45) is 0 Å². The fourth-order valence-corrected chi connectivity index (χ4v) is 3.46. The van der Waals surface area contributed by atoms with Gasteiger partial charge < -0.3 is 0 Å². The summed E-state index contributed by atoms with van der Waals surface area (Å²) in [6, 6.07) is 3.92. The van der Waals surface area contributed by atoms with Gasteiger partial charge in [-0.25, -0.2) is 0 Å². The third-order valence-corrected chi connectivity index (χ3v) is 4.68. The lowest BCUT2D eigenvalue weighted by atomic mass is 9.89. The Morgan fingerprint density at radius 3 is 2.43 bits per heavy atom. The van der Waals surface area contributed by atoms with Gasteiger partial charge in [0.05, 0.1) is 12.5 Å². The lowest BCUT2D eigenvalue weighted by Crippen LogP contribution is -2.45. The number of hydrogen-bond donors (Lipinski definition) is 0. The normalized spacial score (nSPS) is 24.8. The number of nitrogens with zero attached hydrogens (tertiary/aromatic N) is 3. The van der Waals surface area contributed by atoms with Crippen LogP contribution >= 0.6 is 0 Å². The van der Waals surface area contributed by atoms with Gasteiger partial charge in [0.2, 0.25) is 11.8 Å². The van der Waals surface area contributed by atoms with Crippen LogP contribution in [0.5, 0.6) is 0 Å². The fraction of sp³-hybridized carbons (Fsp3) is 0.562. The van der Waals surface area contributed by atoms with Gasteiger partial charge in [0, 0.05) is 18.9 Å². The molecule has 3 heterocycles. The second-order valence-corrected chi connectivity index (χ2v) is 5.79. The molecule has 5 nitrogen and oxygen atoms in total. The summed E-state index contributed by atoms with van der Waals surface area (Å²) >= 11 is 0. The minimum absolute atomic E-state index is 0.00939. The third-order valence-electron chi connectivity index (χ3n) is 4.68. The van der Waals surface area contributed by atoms with Gasteiger partial charge in [0.15, 0.2) is 0 Å². The Morgan fingerprint density at radius 1 is 1.19 bits per heavy atom. The number of likely N-dealkylation sites (tertiary alicyclic amines) is 2. The number of pyridine rings is 1. The van der Waals surface area contributed by atoms with Crippen LogP contribution in [0.2, 0.25) is 0 Å². The van der Waals surface area contributed by atoms with Crippen molar-refractivity contribution in [3.8, 4) is 0 Å². The van der Waals surface area contributed by atoms with Crippen molar-refractivity contribution in [2.75, 3.05) is 19.6 Å². The standard InChI is InChI=1S/C16H21N3O2/c1-2-19-15(20)11-14(16(19)21)18-9-5-13(6-10-18)12-3-7-17-8-4-12/h3-4,7-8,13-14H,2,5-6,9-11H2,1H3/t14-/m1/s1. The van der Waals surface area contributed by atoms with E-state index in [1.54, 1.807) is 0 Å². The van der Waals surface area contributed by atoms with E-state index in [1.807, 2.05) is 19.3 Å². The van der Waals surface area contributed by atoms with Gasteiger partial charge in [0.25, 0.3) is 0 Å². The monoisotopic (exact) mass is 287 g/mol. The highest BCUT2D eigenvalue weighted by atomic mass is 16.2. The topological polar surface area (TPSA) is 53.5 Å². The quantitative estimate of drug-likeness (QED) is 0.789. The number of piperidine rings is 1. The number of rotatable bonds is 3. The summed E-state index contributed by atoms with van der Waals surface area (Å²) in [6.45, 7) is 4.11. The maximum atomic E-state index is 12.3. The second-order valence-electron chi connectivity index (χ2n) is 5.79. The fourth-order valence-electron chi connectivity index (χ4n) is 3.46. The summed E-state index contributed by atoms with van der Waals surface area (Å²) in [5, 5.41) is 0. The molecule has 21 heavy (non-hydrogen) atoms. The Bertz CT molecular complexity index is 524. The first kappa shape index (κ1) is 14.2. The zero-order valence-electron chi connectivity index (χ0n) is 12.4. The van der Waals surface area contributed by atoms with Gasteiger partial charge in [0.1, 0.15) is 0 Å². The Morgan fingerprint density at radius 2 is 1.86 bits per heavy atom. The molecule has 3 rings (SSSR count). The lowest BCUT2D eigenvalue weighted by molar-refractivity contribution is -0.139. The van der Waals surface area contributed by atoms with Crippen molar-refractivity contribution >= 4 is 11.8 Å². The van der Waals surface area contributed by atoms with Crippen molar-refractivity contribution in [2.45, 2.75) is 38.1 Å². The molecule has 5 heteroatoms. The van der Waals surface area contributed by atoms with Gasteiger partial charge >= 0.3 is 0 Å². The summed E-state index contributed by atoms with van der Waals surface area (Å²) in [6.07, 6.45) is 6.09. The van der Waals surface area contributed by atoms with E-state index < -0.39 is 0 Å². The Kier molecular flexibility index (Phi) is 4.01. The first-order valence-electron chi connectivity index (χ1n) is 7.69. The Hall–Kier alpha value is -1.75. The van der Waals surface area contributed by atoms with Crippen molar-refractivity contribution < 1.29 is 9.59 Å². The van der Waals surface area contributed by atoms with Gasteiger partial charge in [-0.15, -0.1) is 0 Å². The molecule has 112 valence electrons. The molecule has 0 aliphatic carbocycles. The molecular formula is C16H21N3O2. The number of hydrogen-bond acceptors (Lipinski definition) is 4. The van der Waals surface area contributed by atoms with E-state index in [0.717, 1.165) is 25.9 Å². The highest BCUT2D eigenvalue weighted by molar-refractivity contribution is 6.05. The first-order chi connectivity index (χ1) is 10.2. The summed E-state index contributed by atoms with van der Waals surface area (Å²) in [7, 11) is 0. The van der Waals surface area contributed by atoms with Crippen LogP contribution in [0.4, 0.5) is 0 Å². The average molecular weight is 287 g/mol. The molecule has 0 N–H and O–H groups in total. The van der Waals surface area contributed by atoms with Crippen LogP contribution in [0, 0.1) is 0 Å². The molecule has 1 atom stereocenters. The molecule has 2 aliphatic heterocycles. The molecule has 2 saturated heterocycles. The van der Waals surface area contributed by atoms with Crippen molar-refractivity contribution in [1.82, 2.24) is 14.8 Å². The highest BCUT2D eigenvalue weighted by Crippen LogP contribution is 2.30. The molecule has 0 bridgehead atoms. The van der Waals surface area contributed by atoms with E-state index in [-0.39, 0.29) is 17.9 Å². The number of likely N-dealkylation sites (N-methyl/N-ethyl adjacent to an activating group) is 1. The van der Waals surface area contributed by atoms with Crippen molar-refractivity contribution in [3.63, 3.8) is 0 Å². The Labute approximate surface area is 124 Å². The molecule has 2 amide bonds. The molecule has 2 fully saturated rings. The Balaban J connectivity index is 1.62. The number of imide groups is 1. The molecule has 2 aliphatic rings. The van der Waals surface area contributed by atoms with Crippen LogP contribution in [0.1, 0.15) is 37.7 Å². The van der Waals surface area contributed by atoms with E-state index in [9.17, 15) is 9.59 Å². The van der Waals surface area contributed by atoms with E-state index in [4.69, 9.17) is 0 Å². The van der Waals surface area contributed by atoms with Crippen LogP contribution in [0.3, 0.4) is 0 Å². The largest absolute Gasteiger partial charge is 0.291 e. The predicted octanol–water partition coefficient (Wildman–Crippen LogP) is 1.41. The van der Waals surface area contributed by atoms with E-state index in [0.29, 0.717) is 18.9 Å². The molecule has 0 unspecified atom stereocenters. The third kappa shape index (κ3) is 2.70. The zero-order chi connectivity index (χ0) is 14.8. The first-order valence-corrected chi connectivity index (χ1v) is 7.69. The molecule has 0 aromatic carbocycles. The minimum atomic E-state index is -0.226. The van der Waals surface area contributed by atoms with Gasteiger partial charge in [-0.05, 0) is 56.5 Å². The smallest absolute Gasteiger partial charge is 0.247 e. The predicted molar refractivity (Wildman–Crippen MR) is 78.6 cm³/mol. The van der Waals surface area contributed by atoms with Crippen LogP contribution in [0.25, 0.3) is 0 Å². The van der Waals surface area contributed by atoms with Crippen LogP contribution in [-0.4, -0.2) is 52.3 Å². The summed E-state index contributed by atoms with van der Waals surface area (Å²) < 4.78 is 0. The summed E-state index contributed by atoms with van der Waals surface area (Å²) in [4.78, 5) is 31.7. The van der Waals surface area contributed by atoms with E-state index in [2.05, 4.69) is 22.0 Å². The van der Waals surface area contributed by atoms with Crippen molar-refractivity contribution in [1.29, 1.82) is 0 Å². The van der Waals surface area contributed by atoms with Crippen LogP contribution in [0.15, 0.2) is 24.5 Å². The molecule has 0 radical (unpaired) electrons. The second kappa shape index (κ2) is 5.93. The SMILES string of the molecule is CCN1C(=O)C[C@@H](N2CCC(c3ccncc3)CC2)C1=O. The van der Waals surface area contributed by atoms with Gasteiger partial charge in [-0.3, -0.25) is 24.4 Å². The summed E-state index contributed by atoms with van der Waals surface area (Å²) in [5.41, 5.74) is 1.33. The number of amides is 2. The number of carbonyl (C=O) groups excluding carboxylic acids is 2. The summed E-state index contributed by atoms with van der Waals surface area (Å²) in [5.74, 6) is 0.507. The van der Waals surface area contributed by atoms with E-state index in [1.165, 1.54) is 10.5 Å². The number of carbonyl (C=O) groups is 2. The maximum Gasteiger partial charge on any atom is 0.247 e. The van der Waals surface area contributed by atoms with Crippen molar-refractivity contribution in [3.05, 3.63) is 30.1 Å². The van der Waals surface area contributed by atoms with Crippen LogP contribution < -0.4 is 0 Å². The molecule has 1 aromatic rings. The van der Waals surface area contributed by atoms with Crippen LogP contribution in [-0.2, 0) is 9.59 Å². The van der Waals surface area contributed by atoms with E-state index >= 15 is 0 Å². The molecular weight excluding hydrogens is 266 g/mol. The lowest BCUT2D eigenvalue weighted by Gasteiger charge is -2.34.